The molecule has 2 aromatic rings. The van der Waals surface area contributed by atoms with Crippen molar-refractivity contribution in [2.45, 2.75) is 32.9 Å². The lowest BCUT2D eigenvalue weighted by molar-refractivity contribution is -0.123. The molecule has 0 radical (unpaired) electrons. The predicted octanol–water partition coefficient (Wildman–Crippen LogP) is 3.82. The van der Waals surface area contributed by atoms with Crippen LogP contribution in [-0.4, -0.2) is 41.7 Å². The van der Waals surface area contributed by atoms with Crippen LogP contribution in [0.25, 0.3) is 11.1 Å². The Hall–Kier alpha value is -2.24. The van der Waals surface area contributed by atoms with Gasteiger partial charge in [-0.05, 0) is 48.7 Å². The van der Waals surface area contributed by atoms with Crippen LogP contribution in [0.3, 0.4) is 0 Å². The molecule has 2 aromatic carbocycles. The van der Waals surface area contributed by atoms with E-state index in [2.05, 4.69) is 5.32 Å². The van der Waals surface area contributed by atoms with Crippen molar-refractivity contribution in [3.63, 3.8) is 0 Å². The Labute approximate surface area is 164 Å². The molecular weight excluding hydrogens is 364 g/mol. The minimum absolute atomic E-state index is 0.00279. The molecule has 0 saturated carbocycles. The smallest absolute Gasteiger partial charge is 0.234 e. The highest BCUT2D eigenvalue weighted by molar-refractivity contribution is 6.30. The van der Waals surface area contributed by atoms with Gasteiger partial charge in [-0.25, -0.2) is 0 Å². The molecule has 3 rings (SSSR count). The zero-order valence-electron chi connectivity index (χ0n) is 15.7. The number of rotatable bonds is 5. The van der Waals surface area contributed by atoms with E-state index in [9.17, 15) is 9.90 Å². The van der Waals surface area contributed by atoms with Crippen molar-refractivity contribution < 1.29 is 14.6 Å². The third-order valence-electron chi connectivity index (χ3n) is 4.74. The summed E-state index contributed by atoms with van der Waals surface area (Å²) < 4.78 is 5.76. The maximum atomic E-state index is 12.2. The lowest BCUT2D eigenvalue weighted by Crippen LogP contribution is -2.41. The van der Waals surface area contributed by atoms with Gasteiger partial charge in [-0.1, -0.05) is 30.7 Å². The van der Waals surface area contributed by atoms with E-state index < -0.39 is 0 Å². The van der Waals surface area contributed by atoms with Crippen molar-refractivity contribution >= 4 is 17.5 Å². The fourth-order valence-electron chi connectivity index (χ4n) is 3.15. The number of ether oxygens (including phenoxy) is 1. The predicted molar refractivity (Wildman–Crippen MR) is 107 cm³/mol. The molecule has 27 heavy (non-hydrogen) atoms. The van der Waals surface area contributed by atoms with Crippen molar-refractivity contribution in [3.05, 3.63) is 47.0 Å². The molecule has 1 heterocycles. The lowest BCUT2D eigenvalue weighted by Gasteiger charge is -2.20. The van der Waals surface area contributed by atoms with E-state index in [4.69, 9.17) is 16.3 Å². The number of halogens is 1. The van der Waals surface area contributed by atoms with E-state index in [-0.39, 0.29) is 17.7 Å². The van der Waals surface area contributed by atoms with Gasteiger partial charge in [-0.15, -0.1) is 0 Å². The highest BCUT2D eigenvalue weighted by Crippen LogP contribution is 2.38. The fourth-order valence-corrected chi connectivity index (χ4v) is 3.34. The van der Waals surface area contributed by atoms with Gasteiger partial charge in [0, 0.05) is 29.7 Å². The van der Waals surface area contributed by atoms with Gasteiger partial charge in [-0.2, -0.15) is 0 Å². The summed E-state index contributed by atoms with van der Waals surface area (Å²) in [7, 11) is 0. The first kappa shape index (κ1) is 19.5. The SMILES string of the molecule is CC[C@@H](C)NC(=O)CN1CCOc2c(O)cc(-c3cccc(Cl)c3)cc2C1. The van der Waals surface area contributed by atoms with Crippen LogP contribution >= 0.6 is 11.6 Å². The number of fused-ring (bicyclic) bond motifs is 1. The molecule has 5 nitrogen and oxygen atoms in total. The second kappa shape index (κ2) is 8.63. The number of benzene rings is 2. The molecule has 0 bridgehead atoms. The molecule has 0 aromatic heterocycles. The highest BCUT2D eigenvalue weighted by atomic mass is 35.5. The summed E-state index contributed by atoms with van der Waals surface area (Å²) in [5.41, 5.74) is 2.65. The second-order valence-corrected chi connectivity index (χ2v) is 7.37. The van der Waals surface area contributed by atoms with E-state index in [1.165, 1.54) is 0 Å². The average molecular weight is 389 g/mol. The summed E-state index contributed by atoms with van der Waals surface area (Å²) in [6.45, 7) is 5.91. The molecule has 0 aliphatic carbocycles. The van der Waals surface area contributed by atoms with Gasteiger partial charge >= 0.3 is 0 Å². The Morgan fingerprint density at radius 3 is 2.89 bits per heavy atom. The average Bonchev–Trinajstić information content (AvgIpc) is 2.83. The summed E-state index contributed by atoms with van der Waals surface area (Å²) in [6.07, 6.45) is 0.897. The maximum absolute atomic E-state index is 12.2. The Balaban J connectivity index is 1.82. The number of nitrogens with one attached hydrogen (secondary N) is 1. The van der Waals surface area contributed by atoms with Crippen LogP contribution in [0, 0.1) is 0 Å². The van der Waals surface area contributed by atoms with E-state index in [0.29, 0.717) is 37.0 Å². The minimum atomic E-state index is 0.00279. The standard InChI is InChI=1S/C21H25ClN2O3/c1-3-14(2)23-20(26)13-24-7-8-27-21-17(12-24)9-16(11-19(21)25)15-5-4-6-18(22)10-15/h4-6,9-11,14,25H,3,7-8,12-13H2,1-2H3,(H,23,26)/t14-/m1/s1. The molecule has 0 unspecified atom stereocenters. The first-order chi connectivity index (χ1) is 13.0. The van der Waals surface area contributed by atoms with Crippen LogP contribution < -0.4 is 10.1 Å². The Morgan fingerprint density at radius 2 is 2.15 bits per heavy atom. The van der Waals surface area contributed by atoms with Gasteiger partial charge in [0.1, 0.15) is 6.61 Å². The molecule has 144 valence electrons. The van der Waals surface area contributed by atoms with Crippen molar-refractivity contribution in [3.8, 4) is 22.6 Å². The Morgan fingerprint density at radius 1 is 1.33 bits per heavy atom. The molecule has 0 fully saturated rings. The number of nitrogens with zero attached hydrogens (tertiary/aromatic N) is 1. The first-order valence-electron chi connectivity index (χ1n) is 9.22. The number of carbonyl (C=O) groups excluding carboxylic acids is 1. The van der Waals surface area contributed by atoms with Gasteiger partial charge in [-0.3, -0.25) is 9.69 Å². The molecule has 1 aliphatic rings. The minimum Gasteiger partial charge on any atom is -0.504 e. The third-order valence-corrected chi connectivity index (χ3v) is 4.97. The second-order valence-electron chi connectivity index (χ2n) is 6.93. The Bertz CT molecular complexity index is 825. The van der Waals surface area contributed by atoms with Crippen molar-refractivity contribution in [1.29, 1.82) is 0 Å². The molecule has 2 N–H and O–H groups in total. The fraction of sp³-hybridized carbons (Fsp3) is 0.381. The molecule has 6 heteroatoms. The van der Waals surface area contributed by atoms with Crippen molar-refractivity contribution in [1.82, 2.24) is 10.2 Å². The van der Waals surface area contributed by atoms with Crippen molar-refractivity contribution in [2.75, 3.05) is 19.7 Å². The third kappa shape index (κ3) is 4.93. The number of amides is 1. The van der Waals surface area contributed by atoms with Crippen LogP contribution in [0.5, 0.6) is 11.5 Å². The highest BCUT2D eigenvalue weighted by Gasteiger charge is 2.21. The summed E-state index contributed by atoms with van der Waals surface area (Å²) in [6, 6.07) is 11.3. The van der Waals surface area contributed by atoms with E-state index in [0.717, 1.165) is 23.1 Å². The maximum Gasteiger partial charge on any atom is 0.234 e. The number of phenols is 1. The van der Waals surface area contributed by atoms with Gasteiger partial charge in [0.25, 0.3) is 0 Å². The van der Waals surface area contributed by atoms with Gasteiger partial charge in [0.05, 0.1) is 6.54 Å². The number of carbonyl (C=O) groups is 1. The van der Waals surface area contributed by atoms with Gasteiger partial charge < -0.3 is 15.2 Å². The quantitative estimate of drug-likeness (QED) is 0.817. The van der Waals surface area contributed by atoms with Gasteiger partial charge in [0.2, 0.25) is 5.91 Å². The summed E-state index contributed by atoms with van der Waals surface area (Å²) in [5, 5.41) is 14.1. The van der Waals surface area contributed by atoms with Crippen molar-refractivity contribution in [2.24, 2.45) is 0 Å². The lowest BCUT2D eigenvalue weighted by atomic mass is 10.0. The molecule has 1 amide bonds. The Kier molecular flexibility index (Phi) is 6.24. The summed E-state index contributed by atoms with van der Waals surface area (Å²) in [4.78, 5) is 14.3. The molecule has 0 spiro atoms. The number of hydrogen-bond donors (Lipinski definition) is 2. The number of aromatic hydroxyl groups is 1. The zero-order valence-corrected chi connectivity index (χ0v) is 16.4. The summed E-state index contributed by atoms with van der Waals surface area (Å²) in [5.74, 6) is 0.599. The first-order valence-corrected chi connectivity index (χ1v) is 9.60. The zero-order chi connectivity index (χ0) is 19.4. The summed E-state index contributed by atoms with van der Waals surface area (Å²) >= 11 is 6.10. The molecule has 0 saturated heterocycles. The molecule has 1 atom stereocenters. The molecular formula is C21H25ClN2O3. The normalized spacial score (nSPS) is 15.4. The number of phenolic OH excluding ortho intramolecular Hbond substituents is 1. The van der Waals surface area contributed by atoms with E-state index in [1.807, 2.05) is 49.1 Å². The van der Waals surface area contributed by atoms with Crippen LogP contribution in [0.4, 0.5) is 0 Å². The number of hydrogen-bond acceptors (Lipinski definition) is 4. The van der Waals surface area contributed by atoms with Gasteiger partial charge in [0.15, 0.2) is 11.5 Å². The van der Waals surface area contributed by atoms with Crippen LogP contribution in [-0.2, 0) is 11.3 Å². The van der Waals surface area contributed by atoms with E-state index in [1.54, 1.807) is 6.07 Å². The molecule has 1 aliphatic heterocycles. The topological polar surface area (TPSA) is 61.8 Å². The van der Waals surface area contributed by atoms with E-state index >= 15 is 0 Å². The van der Waals surface area contributed by atoms with Crippen LogP contribution in [0.2, 0.25) is 5.02 Å². The van der Waals surface area contributed by atoms with Crippen LogP contribution in [0.1, 0.15) is 25.8 Å². The largest absolute Gasteiger partial charge is 0.504 e. The van der Waals surface area contributed by atoms with Crippen LogP contribution in [0.15, 0.2) is 36.4 Å². The monoisotopic (exact) mass is 388 g/mol.